The number of anilines is 1. The number of nitrogens with zero attached hydrogens (tertiary/aromatic N) is 5. The zero-order valence-corrected chi connectivity index (χ0v) is 18.6. The van der Waals surface area contributed by atoms with Crippen LogP contribution in [0.15, 0.2) is 35.4 Å². The Balaban J connectivity index is 1.46. The van der Waals surface area contributed by atoms with Gasteiger partial charge >= 0.3 is 0 Å². The summed E-state index contributed by atoms with van der Waals surface area (Å²) in [6.45, 7) is 10.9. The highest BCUT2D eigenvalue weighted by atomic mass is 16.5. The van der Waals surface area contributed by atoms with E-state index in [1.54, 1.807) is 17.0 Å². The average molecular weight is 420 g/mol. The summed E-state index contributed by atoms with van der Waals surface area (Å²) in [5.74, 6) is 2.06. The summed E-state index contributed by atoms with van der Waals surface area (Å²) in [5.41, 5.74) is 3.25. The predicted octanol–water partition coefficient (Wildman–Crippen LogP) is 3.43. The van der Waals surface area contributed by atoms with Crippen molar-refractivity contribution in [3.05, 3.63) is 52.3 Å². The third-order valence-corrected chi connectivity index (χ3v) is 7.52. The lowest BCUT2D eigenvalue weighted by molar-refractivity contribution is 0.0969. The van der Waals surface area contributed by atoms with Gasteiger partial charge in [0.05, 0.1) is 35.0 Å². The van der Waals surface area contributed by atoms with Crippen LogP contribution in [-0.2, 0) is 4.74 Å². The van der Waals surface area contributed by atoms with Crippen molar-refractivity contribution in [3.63, 3.8) is 0 Å². The number of ether oxygens (including phenoxy) is 1. The molecule has 2 aliphatic heterocycles. The number of fused-ring (bicyclic) bond motifs is 1. The van der Waals surface area contributed by atoms with E-state index in [4.69, 9.17) is 9.72 Å². The van der Waals surface area contributed by atoms with Crippen molar-refractivity contribution in [2.45, 2.75) is 46.6 Å². The van der Waals surface area contributed by atoms with E-state index >= 15 is 0 Å². The highest BCUT2D eigenvalue weighted by Crippen LogP contribution is 2.46. The van der Waals surface area contributed by atoms with Crippen LogP contribution in [0, 0.1) is 25.2 Å². The largest absolute Gasteiger partial charge is 0.378 e. The van der Waals surface area contributed by atoms with Gasteiger partial charge in [0.1, 0.15) is 11.6 Å². The van der Waals surface area contributed by atoms with Crippen molar-refractivity contribution in [1.29, 1.82) is 0 Å². The number of aromatic nitrogens is 4. The maximum atomic E-state index is 13.4. The summed E-state index contributed by atoms with van der Waals surface area (Å²) in [4.78, 5) is 29.2. The molecule has 7 heteroatoms. The van der Waals surface area contributed by atoms with Gasteiger partial charge in [-0.15, -0.1) is 0 Å². The molecule has 2 saturated heterocycles. The highest BCUT2D eigenvalue weighted by molar-refractivity contribution is 5.76. The molecule has 1 aromatic carbocycles. The van der Waals surface area contributed by atoms with Crippen LogP contribution in [0.3, 0.4) is 0 Å². The third-order valence-electron chi connectivity index (χ3n) is 7.52. The molecule has 0 aliphatic carbocycles. The molecular formula is C24H29N5O2. The molecule has 0 saturated carbocycles. The lowest BCUT2D eigenvalue weighted by Gasteiger charge is -2.42. The molecule has 5 rings (SSSR count). The summed E-state index contributed by atoms with van der Waals surface area (Å²) >= 11 is 0. The normalized spacial score (nSPS) is 23.0. The predicted molar refractivity (Wildman–Crippen MR) is 121 cm³/mol. The van der Waals surface area contributed by atoms with Crippen molar-refractivity contribution in [2.24, 2.45) is 11.3 Å². The van der Waals surface area contributed by atoms with Crippen LogP contribution in [0.5, 0.6) is 0 Å². The molecule has 0 amide bonds. The van der Waals surface area contributed by atoms with Crippen LogP contribution in [0.25, 0.3) is 16.7 Å². The van der Waals surface area contributed by atoms with Crippen molar-refractivity contribution in [2.75, 3.05) is 24.6 Å². The molecule has 2 aromatic heterocycles. The second-order valence-electron chi connectivity index (χ2n) is 9.13. The Bertz CT molecular complexity index is 1200. The SMILES string of the molecule is Cc1c(N2CCC3(CC2)CO[C@@H](C)[C@H]3C)nc(C)n(-c2ccc3nccnc3c2)c1=O. The Hall–Kier alpha value is -2.80. The average Bonchev–Trinajstić information content (AvgIpc) is 3.05. The van der Waals surface area contributed by atoms with Crippen molar-refractivity contribution in [3.8, 4) is 5.69 Å². The number of rotatable bonds is 2. The zero-order valence-electron chi connectivity index (χ0n) is 18.6. The summed E-state index contributed by atoms with van der Waals surface area (Å²) < 4.78 is 7.63. The van der Waals surface area contributed by atoms with E-state index in [2.05, 4.69) is 28.7 Å². The Kier molecular flexibility index (Phi) is 4.81. The van der Waals surface area contributed by atoms with Crippen LogP contribution < -0.4 is 10.5 Å². The Morgan fingerprint density at radius 2 is 1.77 bits per heavy atom. The van der Waals surface area contributed by atoms with E-state index in [1.165, 1.54) is 0 Å². The van der Waals surface area contributed by atoms with Gasteiger partial charge in [0.25, 0.3) is 5.56 Å². The lowest BCUT2D eigenvalue weighted by atomic mass is 9.70. The maximum Gasteiger partial charge on any atom is 0.263 e. The lowest BCUT2D eigenvalue weighted by Crippen LogP contribution is -2.45. The summed E-state index contributed by atoms with van der Waals surface area (Å²) in [6, 6.07) is 5.69. The molecule has 2 fully saturated rings. The van der Waals surface area contributed by atoms with Gasteiger partial charge in [-0.3, -0.25) is 19.3 Å². The van der Waals surface area contributed by atoms with Crippen LogP contribution in [0.2, 0.25) is 0 Å². The zero-order chi connectivity index (χ0) is 21.8. The fourth-order valence-corrected chi connectivity index (χ4v) is 5.23. The topological polar surface area (TPSA) is 73.1 Å². The smallest absolute Gasteiger partial charge is 0.263 e. The van der Waals surface area contributed by atoms with Crippen LogP contribution in [-0.4, -0.2) is 45.3 Å². The molecule has 31 heavy (non-hydrogen) atoms. The molecule has 1 spiro atoms. The molecule has 3 aromatic rings. The molecule has 0 unspecified atom stereocenters. The highest BCUT2D eigenvalue weighted by Gasteiger charge is 2.47. The molecule has 0 N–H and O–H groups in total. The standard InChI is InChI=1S/C24H29N5O2/c1-15-22(28-11-7-24(8-12-28)14-31-17(3)16(24)2)27-18(4)29(23(15)30)19-5-6-20-21(13-19)26-10-9-25-20/h5-6,9-10,13,16-17H,7-8,11-12,14H2,1-4H3/t16-,17+/m1/s1. The fourth-order valence-electron chi connectivity index (χ4n) is 5.23. The van der Waals surface area contributed by atoms with E-state index < -0.39 is 0 Å². The second-order valence-corrected chi connectivity index (χ2v) is 9.13. The molecule has 2 atom stereocenters. The van der Waals surface area contributed by atoms with E-state index in [1.807, 2.05) is 32.0 Å². The molecule has 162 valence electrons. The quantitative estimate of drug-likeness (QED) is 0.634. The van der Waals surface area contributed by atoms with Crippen molar-refractivity contribution >= 4 is 16.9 Å². The first kappa shape index (κ1) is 20.1. The Labute approximate surface area is 182 Å². The first-order valence-electron chi connectivity index (χ1n) is 11.1. The van der Waals surface area contributed by atoms with Gasteiger partial charge in [-0.25, -0.2) is 4.98 Å². The number of aryl methyl sites for hydroxylation is 1. The minimum absolute atomic E-state index is 0.0304. The molecule has 2 aliphatic rings. The van der Waals surface area contributed by atoms with Gasteiger partial charge in [0, 0.05) is 30.9 Å². The molecular weight excluding hydrogens is 390 g/mol. The minimum Gasteiger partial charge on any atom is -0.378 e. The first-order chi connectivity index (χ1) is 14.9. The fraction of sp³-hybridized carbons (Fsp3) is 0.500. The summed E-state index contributed by atoms with van der Waals surface area (Å²) in [7, 11) is 0. The van der Waals surface area contributed by atoms with Gasteiger partial charge in [-0.2, -0.15) is 0 Å². The van der Waals surface area contributed by atoms with Gasteiger partial charge in [0.2, 0.25) is 0 Å². The van der Waals surface area contributed by atoms with Gasteiger partial charge in [-0.05, 0) is 57.7 Å². The summed E-state index contributed by atoms with van der Waals surface area (Å²) in [5, 5.41) is 0. The minimum atomic E-state index is -0.0304. The number of benzene rings is 1. The van der Waals surface area contributed by atoms with E-state index in [-0.39, 0.29) is 11.0 Å². The van der Waals surface area contributed by atoms with Crippen LogP contribution in [0.4, 0.5) is 5.82 Å². The Morgan fingerprint density at radius 3 is 2.45 bits per heavy atom. The van der Waals surface area contributed by atoms with Gasteiger partial charge in [-0.1, -0.05) is 6.92 Å². The van der Waals surface area contributed by atoms with Crippen molar-refractivity contribution < 1.29 is 4.74 Å². The molecule has 7 nitrogen and oxygen atoms in total. The van der Waals surface area contributed by atoms with Gasteiger partial charge < -0.3 is 9.64 Å². The van der Waals surface area contributed by atoms with Gasteiger partial charge in [0.15, 0.2) is 0 Å². The van der Waals surface area contributed by atoms with E-state index in [9.17, 15) is 4.79 Å². The molecule has 4 heterocycles. The number of piperidine rings is 1. The van der Waals surface area contributed by atoms with E-state index in [0.29, 0.717) is 23.4 Å². The van der Waals surface area contributed by atoms with Crippen LogP contribution in [0.1, 0.15) is 38.1 Å². The molecule has 0 bridgehead atoms. The monoisotopic (exact) mass is 419 g/mol. The number of hydrogen-bond donors (Lipinski definition) is 0. The van der Waals surface area contributed by atoms with Crippen molar-refractivity contribution in [1.82, 2.24) is 19.5 Å². The molecule has 0 radical (unpaired) electrons. The number of hydrogen-bond acceptors (Lipinski definition) is 6. The summed E-state index contributed by atoms with van der Waals surface area (Å²) in [6.07, 6.45) is 5.80. The Morgan fingerprint density at radius 1 is 1.06 bits per heavy atom. The second kappa shape index (κ2) is 7.41. The maximum absolute atomic E-state index is 13.4. The first-order valence-corrected chi connectivity index (χ1v) is 11.1. The third kappa shape index (κ3) is 3.22. The van der Waals surface area contributed by atoms with E-state index in [0.717, 1.165) is 55.1 Å². The van der Waals surface area contributed by atoms with Crippen LogP contribution >= 0.6 is 0 Å².